The molecule has 2 unspecified atom stereocenters. The van der Waals surface area contributed by atoms with E-state index in [1.54, 1.807) is 7.11 Å². The maximum absolute atomic E-state index is 13.0. The molecule has 0 spiro atoms. The molecule has 4 fully saturated rings. The van der Waals surface area contributed by atoms with E-state index in [1.165, 1.54) is 19.3 Å². The van der Waals surface area contributed by atoms with Crippen LogP contribution in [0, 0.1) is 17.3 Å². The van der Waals surface area contributed by atoms with Gasteiger partial charge < -0.3 is 10.1 Å². The van der Waals surface area contributed by atoms with Gasteiger partial charge >= 0.3 is 0 Å². The summed E-state index contributed by atoms with van der Waals surface area (Å²) in [4.78, 5) is 13.0. The predicted octanol–water partition coefficient (Wildman–Crippen LogP) is 4.37. The molecule has 118 valence electrons. The maximum Gasteiger partial charge on any atom is 0.230 e. The second kappa shape index (κ2) is 4.98. The number of hydrogen-bond donors (Lipinski definition) is 1. The lowest BCUT2D eigenvalue weighted by Crippen LogP contribution is -2.57. The zero-order valence-electron chi connectivity index (χ0n) is 12.9. The number of amides is 1. The predicted molar refractivity (Wildman–Crippen MR) is 90.4 cm³/mol. The molecule has 0 aromatic heterocycles. The summed E-state index contributed by atoms with van der Waals surface area (Å²) in [6.45, 7) is 0. The van der Waals surface area contributed by atoms with E-state index >= 15 is 0 Å². The molecular formula is C18H22BrNO2. The number of alkyl halides is 1. The summed E-state index contributed by atoms with van der Waals surface area (Å²) in [5.41, 5.74) is 0.667. The Hall–Kier alpha value is -1.03. The smallest absolute Gasteiger partial charge is 0.230 e. The lowest BCUT2D eigenvalue weighted by Gasteiger charge is -2.59. The molecule has 0 heterocycles. The van der Waals surface area contributed by atoms with Crippen LogP contribution in [0.2, 0.25) is 0 Å². The average Bonchev–Trinajstić information content (AvgIpc) is 2.45. The number of benzene rings is 1. The van der Waals surface area contributed by atoms with Crippen molar-refractivity contribution in [2.24, 2.45) is 17.3 Å². The van der Waals surface area contributed by atoms with Crippen molar-refractivity contribution in [3.05, 3.63) is 24.3 Å². The minimum atomic E-state index is -0.170. The summed E-state index contributed by atoms with van der Waals surface area (Å²) in [5.74, 6) is 2.42. The van der Waals surface area contributed by atoms with Gasteiger partial charge in [-0.25, -0.2) is 0 Å². The molecule has 4 saturated carbocycles. The zero-order valence-corrected chi connectivity index (χ0v) is 14.5. The molecule has 4 aliphatic carbocycles. The monoisotopic (exact) mass is 363 g/mol. The van der Waals surface area contributed by atoms with E-state index in [0.29, 0.717) is 0 Å². The molecule has 22 heavy (non-hydrogen) atoms. The second-order valence-electron chi connectivity index (χ2n) is 7.58. The molecule has 1 N–H and O–H groups in total. The van der Waals surface area contributed by atoms with Crippen LogP contribution in [-0.2, 0) is 4.79 Å². The van der Waals surface area contributed by atoms with Crippen molar-refractivity contribution in [2.45, 2.75) is 42.8 Å². The Labute approximate surface area is 139 Å². The first kappa shape index (κ1) is 14.6. The molecule has 4 atom stereocenters. The fourth-order valence-corrected chi connectivity index (χ4v) is 6.83. The fourth-order valence-electron chi connectivity index (χ4n) is 5.38. The SMILES string of the molecule is COc1cccc(NC(=O)C23C[C@@H]4C[C@@H](CC(Br)(C4)C2)C3)c1. The summed E-state index contributed by atoms with van der Waals surface area (Å²) in [7, 11) is 1.65. The van der Waals surface area contributed by atoms with Gasteiger partial charge in [0.2, 0.25) is 5.91 Å². The van der Waals surface area contributed by atoms with E-state index in [0.717, 1.165) is 42.5 Å². The van der Waals surface area contributed by atoms with Gasteiger partial charge in [0.05, 0.1) is 12.5 Å². The van der Waals surface area contributed by atoms with Crippen LogP contribution >= 0.6 is 15.9 Å². The Kier molecular flexibility index (Phi) is 3.30. The van der Waals surface area contributed by atoms with Gasteiger partial charge in [0, 0.05) is 16.1 Å². The Morgan fingerprint density at radius 2 is 2.00 bits per heavy atom. The van der Waals surface area contributed by atoms with E-state index < -0.39 is 0 Å². The van der Waals surface area contributed by atoms with Crippen LogP contribution in [-0.4, -0.2) is 17.3 Å². The van der Waals surface area contributed by atoms with E-state index in [-0.39, 0.29) is 15.6 Å². The van der Waals surface area contributed by atoms with Crippen molar-refractivity contribution in [1.29, 1.82) is 0 Å². The highest BCUT2D eigenvalue weighted by molar-refractivity contribution is 9.10. The first-order valence-electron chi connectivity index (χ1n) is 8.15. The number of rotatable bonds is 3. The molecule has 1 aromatic rings. The van der Waals surface area contributed by atoms with Gasteiger partial charge in [-0.15, -0.1) is 0 Å². The molecule has 4 bridgehead atoms. The first-order valence-corrected chi connectivity index (χ1v) is 8.94. The number of carbonyl (C=O) groups excluding carboxylic acids is 1. The van der Waals surface area contributed by atoms with Gasteiger partial charge in [0.25, 0.3) is 0 Å². The Morgan fingerprint density at radius 3 is 2.64 bits per heavy atom. The van der Waals surface area contributed by atoms with Gasteiger partial charge in [-0.1, -0.05) is 22.0 Å². The van der Waals surface area contributed by atoms with Gasteiger partial charge in [-0.05, 0) is 62.5 Å². The highest BCUT2D eigenvalue weighted by atomic mass is 79.9. The van der Waals surface area contributed by atoms with Crippen LogP contribution in [0.25, 0.3) is 0 Å². The Morgan fingerprint density at radius 1 is 1.27 bits per heavy atom. The molecule has 3 nitrogen and oxygen atoms in total. The second-order valence-corrected chi connectivity index (χ2v) is 9.26. The summed E-state index contributed by atoms with van der Waals surface area (Å²) < 4.78 is 5.45. The van der Waals surface area contributed by atoms with E-state index in [2.05, 4.69) is 21.2 Å². The Bertz CT molecular complexity index is 601. The molecule has 1 aromatic carbocycles. The van der Waals surface area contributed by atoms with Gasteiger partial charge in [-0.2, -0.15) is 0 Å². The molecule has 5 rings (SSSR count). The lowest BCUT2D eigenvalue weighted by atomic mass is 9.49. The number of ether oxygens (including phenoxy) is 1. The van der Waals surface area contributed by atoms with Crippen molar-refractivity contribution in [3.63, 3.8) is 0 Å². The number of carbonyl (C=O) groups is 1. The number of anilines is 1. The quantitative estimate of drug-likeness (QED) is 0.809. The molecule has 0 saturated heterocycles. The number of methoxy groups -OCH3 is 1. The average molecular weight is 364 g/mol. The number of nitrogens with one attached hydrogen (secondary N) is 1. The highest BCUT2D eigenvalue weighted by Crippen LogP contribution is 2.64. The van der Waals surface area contributed by atoms with Gasteiger partial charge in [0.15, 0.2) is 0 Å². The normalized spacial score (nSPS) is 38.8. The van der Waals surface area contributed by atoms with Crippen molar-refractivity contribution in [2.75, 3.05) is 12.4 Å². The molecule has 4 heteroatoms. The van der Waals surface area contributed by atoms with Gasteiger partial charge in [-0.3, -0.25) is 4.79 Å². The lowest BCUT2D eigenvalue weighted by molar-refractivity contribution is -0.138. The van der Waals surface area contributed by atoms with Crippen molar-refractivity contribution in [1.82, 2.24) is 0 Å². The Balaban J connectivity index is 1.57. The maximum atomic E-state index is 13.0. The minimum Gasteiger partial charge on any atom is -0.497 e. The number of hydrogen-bond acceptors (Lipinski definition) is 2. The largest absolute Gasteiger partial charge is 0.497 e. The van der Waals surface area contributed by atoms with Crippen LogP contribution in [0.15, 0.2) is 24.3 Å². The third-order valence-electron chi connectivity index (χ3n) is 5.80. The van der Waals surface area contributed by atoms with Crippen LogP contribution in [0.5, 0.6) is 5.75 Å². The number of halogens is 1. The molecular weight excluding hydrogens is 342 g/mol. The van der Waals surface area contributed by atoms with E-state index in [9.17, 15) is 4.79 Å². The van der Waals surface area contributed by atoms with Crippen LogP contribution in [0.1, 0.15) is 38.5 Å². The van der Waals surface area contributed by atoms with Gasteiger partial charge in [0.1, 0.15) is 5.75 Å². The van der Waals surface area contributed by atoms with Crippen LogP contribution in [0.3, 0.4) is 0 Å². The summed E-state index contributed by atoms with van der Waals surface area (Å²) in [5, 5.41) is 3.15. The third-order valence-corrected chi connectivity index (χ3v) is 6.73. The summed E-state index contributed by atoms with van der Waals surface area (Å²) in [6.07, 6.45) is 6.93. The zero-order chi connectivity index (χ0) is 15.4. The van der Waals surface area contributed by atoms with Crippen molar-refractivity contribution >= 4 is 27.5 Å². The van der Waals surface area contributed by atoms with Crippen LogP contribution < -0.4 is 10.1 Å². The molecule has 0 aliphatic heterocycles. The minimum absolute atomic E-state index is 0.170. The summed E-state index contributed by atoms with van der Waals surface area (Å²) >= 11 is 3.97. The van der Waals surface area contributed by atoms with Crippen molar-refractivity contribution in [3.8, 4) is 5.75 Å². The third kappa shape index (κ3) is 2.36. The van der Waals surface area contributed by atoms with E-state index in [1.807, 2.05) is 24.3 Å². The standard InChI is InChI=1S/C18H22BrNO2/c1-22-15-4-2-3-14(6-15)20-16(21)17-7-12-5-13(8-17)10-18(19,9-12)11-17/h2-4,6,12-13H,5,7-11H2,1H3,(H,20,21)/t12-,13+,17?,18?. The highest BCUT2D eigenvalue weighted by Gasteiger charge is 2.59. The topological polar surface area (TPSA) is 38.3 Å². The summed E-state index contributed by atoms with van der Waals surface area (Å²) in [6, 6.07) is 7.64. The fraction of sp³-hybridized carbons (Fsp3) is 0.611. The molecule has 1 amide bonds. The molecule has 0 radical (unpaired) electrons. The molecule has 4 aliphatic rings. The van der Waals surface area contributed by atoms with E-state index in [4.69, 9.17) is 4.74 Å². The first-order chi connectivity index (χ1) is 10.5. The van der Waals surface area contributed by atoms with Crippen molar-refractivity contribution < 1.29 is 9.53 Å². The van der Waals surface area contributed by atoms with Crippen LogP contribution in [0.4, 0.5) is 5.69 Å².